The van der Waals surface area contributed by atoms with Crippen molar-refractivity contribution in [2.24, 2.45) is 0 Å². The molecule has 0 amide bonds. The van der Waals surface area contributed by atoms with E-state index in [2.05, 4.69) is 60.5 Å². The maximum atomic E-state index is 4.37. The van der Waals surface area contributed by atoms with Gasteiger partial charge >= 0.3 is 0 Å². The summed E-state index contributed by atoms with van der Waals surface area (Å²) < 4.78 is 0. The Labute approximate surface area is 108 Å². The summed E-state index contributed by atoms with van der Waals surface area (Å²) in [5, 5.41) is 0. The van der Waals surface area contributed by atoms with Crippen LogP contribution in [-0.4, -0.2) is 4.98 Å². The molecule has 18 heavy (non-hydrogen) atoms. The second-order valence-corrected chi connectivity index (χ2v) is 4.62. The number of hydrogen-bond acceptors (Lipinski definition) is 1. The van der Waals surface area contributed by atoms with Crippen LogP contribution in [0.2, 0.25) is 0 Å². The highest BCUT2D eigenvalue weighted by Gasteiger charge is 2.08. The van der Waals surface area contributed by atoms with E-state index in [0.717, 1.165) is 6.42 Å². The highest BCUT2D eigenvalue weighted by atomic mass is 14.6. The fraction of sp³-hybridized carbons (Fsp3) is 0.118. The van der Waals surface area contributed by atoms with Crippen LogP contribution >= 0.6 is 0 Å². The molecule has 0 aliphatic heterocycles. The first-order valence-corrected chi connectivity index (χ1v) is 6.22. The van der Waals surface area contributed by atoms with Crippen LogP contribution in [0.15, 0.2) is 54.9 Å². The number of hydrogen-bond donors (Lipinski definition) is 0. The van der Waals surface area contributed by atoms with E-state index in [1.807, 2.05) is 12.4 Å². The fourth-order valence-electron chi connectivity index (χ4n) is 2.26. The van der Waals surface area contributed by atoms with Gasteiger partial charge in [-0.25, -0.2) is 0 Å². The lowest BCUT2D eigenvalue weighted by atomic mass is 9.96. The van der Waals surface area contributed by atoms with Crippen LogP contribution in [0, 0.1) is 6.92 Å². The van der Waals surface area contributed by atoms with Gasteiger partial charge in [-0.2, -0.15) is 0 Å². The van der Waals surface area contributed by atoms with Gasteiger partial charge in [0.05, 0.1) is 0 Å². The zero-order valence-electron chi connectivity index (χ0n) is 10.4. The summed E-state index contributed by atoms with van der Waals surface area (Å²) in [7, 11) is 0. The van der Waals surface area contributed by atoms with Gasteiger partial charge in [0.2, 0.25) is 0 Å². The molecule has 1 heterocycles. The third-order valence-corrected chi connectivity index (χ3v) is 3.28. The fourth-order valence-corrected chi connectivity index (χ4v) is 2.26. The molecule has 0 unspecified atom stereocenters. The highest BCUT2D eigenvalue weighted by Crippen LogP contribution is 2.28. The Balaban J connectivity index is 2.16. The van der Waals surface area contributed by atoms with Crippen LogP contribution in [0.4, 0.5) is 0 Å². The minimum absolute atomic E-state index is 0.953. The summed E-state index contributed by atoms with van der Waals surface area (Å²) in [5.74, 6) is 0. The van der Waals surface area contributed by atoms with Gasteiger partial charge in [-0.1, -0.05) is 54.1 Å². The lowest BCUT2D eigenvalue weighted by molar-refractivity contribution is 1.19. The van der Waals surface area contributed by atoms with Crippen molar-refractivity contribution in [1.82, 2.24) is 4.98 Å². The number of nitrogens with zero attached hydrogens (tertiary/aromatic N) is 1. The van der Waals surface area contributed by atoms with Gasteiger partial charge in [0.15, 0.2) is 0 Å². The van der Waals surface area contributed by atoms with E-state index < -0.39 is 0 Å². The summed E-state index contributed by atoms with van der Waals surface area (Å²) >= 11 is 0. The number of aryl methyl sites for hydroxylation is 1. The molecule has 1 aromatic heterocycles. The molecule has 0 saturated carbocycles. The van der Waals surface area contributed by atoms with Crippen molar-refractivity contribution in [2.45, 2.75) is 13.3 Å². The Bertz CT molecular complexity index is 619. The maximum Gasteiger partial charge on any atom is 0.0352 e. The number of fused-ring (bicyclic) bond motifs is 1. The lowest BCUT2D eigenvalue weighted by Gasteiger charge is -2.10. The van der Waals surface area contributed by atoms with E-state index in [4.69, 9.17) is 0 Å². The lowest BCUT2D eigenvalue weighted by Crippen LogP contribution is -1.93. The third-order valence-electron chi connectivity index (χ3n) is 3.28. The molecule has 0 bridgehead atoms. The summed E-state index contributed by atoms with van der Waals surface area (Å²) in [6, 6.07) is 8.62. The highest BCUT2D eigenvalue weighted by molar-refractivity contribution is 5.77. The molecule has 0 fully saturated rings. The molecule has 1 heteroatoms. The molecule has 1 nitrogen and oxygen atoms in total. The number of rotatable bonds is 1. The minimum Gasteiger partial charge on any atom is -0.264 e. The van der Waals surface area contributed by atoms with E-state index in [9.17, 15) is 0 Å². The zero-order valence-corrected chi connectivity index (χ0v) is 10.4. The predicted octanol–water partition coefficient (Wildman–Crippen LogP) is 4.18. The van der Waals surface area contributed by atoms with Crippen LogP contribution in [-0.2, 0) is 6.42 Å². The molecule has 0 radical (unpaired) electrons. The predicted molar refractivity (Wildman–Crippen MR) is 76.3 cm³/mol. The monoisotopic (exact) mass is 233 g/mol. The van der Waals surface area contributed by atoms with Crippen molar-refractivity contribution in [3.8, 4) is 11.1 Å². The summed E-state index contributed by atoms with van der Waals surface area (Å²) in [6.45, 7) is 2.11. The van der Waals surface area contributed by atoms with Gasteiger partial charge < -0.3 is 0 Å². The molecule has 2 aromatic rings. The van der Waals surface area contributed by atoms with Crippen molar-refractivity contribution >= 4 is 6.08 Å². The summed E-state index contributed by atoms with van der Waals surface area (Å²) in [6.07, 6.45) is 13.4. The van der Waals surface area contributed by atoms with Crippen LogP contribution in [0.3, 0.4) is 0 Å². The number of benzene rings is 1. The van der Waals surface area contributed by atoms with Gasteiger partial charge in [0.1, 0.15) is 0 Å². The van der Waals surface area contributed by atoms with Crippen LogP contribution in [0.5, 0.6) is 0 Å². The first-order valence-electron chi connectivity index (χ1n) is 6.22. The Morgan fingerprint density at radius 2 is 1.83 bits per heavy atom. The maximum absolute atomic E-state index is 4.37. The molecule has 3 rings (SSSR count). The summed E-state index contributed by atoms with van der Waals surface area (Å²) in [5.41, 5.74) is 6.31. The quantitative estimate of drug-likeness (QED) is 0.720. The van der Waals surface area contributed by atoms with E-state index in [0.29, 0.717) is 0 Å². The number of pyridine rings is 1. The van der Waals surface area contributed by atoms with Crippen molar-refractivity contribution < 1.29 is 0 Å². The number of aromatic nitrogens is 1. The largest absolute Gasteiger partial charge is 0.264 e. The molecular formula is C17H15N. The Morgan fingerprint density at radius 3 is 2.67 bits per heavy atom. The molecule has 1 aliphatic carbocycles. The van der Waals surface area contributed by atoms with Gasteiger partial charge in [-0.3, -0.25) is 4.98 Å². The normalized spacial score (nSPS) is 13.2. The van der Waals surface area contributed by atoms with E-state index in [1.165, 1.54) is 27.8 Å². The Morgan fingerprint density at radius 1 is 1.00 bits per heavy atom. The second-order valence-electron chi connectivity index (χ2n) is 4.62. The SMILES string of the molecule is Cc1ccc(-c2cncc3c2C=CC=CC3)cc1. The average Bonchev–Trinajstić information content (AvgIpc) is 2.64. The smallest absolute Gasteiger partial charge is 0.0352 e. The van der Waals surface area contributed by atoms with Gasteiger partial charge in [0.25, 0.3) is 0 Å². The van der Waals surface area contributed by atoms with Gasteiger partial charge in [-0.15, -0.1) is 0 Å². The Kier molecular flexibility index (Phi) is 2.81. The standard InChI is InChI=1S/C17H15N/c1-13-7-9-14(10-8-13)17-12-18-11-15-5-3-2-4-6-16(15)17/h2-4,6-12H,5H2,1H3. The zero-order chi connectivity index (χ0) is 12.4. The molecule has 0 spiro atoms. The molecule has 0 saturated heterocycles. The van der Waals surface area contributed by atoms with Crippen molar-refractivity contribution in [3.05, 3.63) is 71.6 Å². The molecule has 88 valence electrons. The molecular weight excluding hydrogens is 218 g/mol. The topological polar surface area (TPSA) is 12.9 Å². The number of allylic oxidation sites excluding steroid dienone is 3. The van der Waals surface area contributed by atoms with E-state index in [1.54, 1.807) is 0 Å². The molecule has 1 aliphatic rings. The van der Waals surface area contributed by atoms with Crippen molar-refractivity contribution in [1.29, 1.82) is 0 Å². The van der Waals surface area contributed by atoms with E-state index in [-0.39, 0.29) is 0 Å². The van der Waals surface area contributed by atoms with Crippen LogP contribution in [0.1, 0.15) is 16.7 Å². The van der Waals surface area contributed by atoms with Gasteiger partial charge in [-0.05, 0) is 30.0 Å². The molecule has 0 atom stereocenters. The van der Waals surface area contributed by atoms with Crippen molar-refractivity contribution in [2.75, 3.05) is 0 Å². The minimum atomic E-state index is 0.953. The van der Waals surface area contributed by atoms with Crippen LogP contribution in [0.25, 0.3) is 17.2 Å². The first-order chi connectivity index (χ1) is 8.84. The molecule has 0 N–H and O–H groups in total. The van der Waals surface area contributed by atoms with E-state index >= 15 is 0 Å². The Hall–Kier alpha value is -2.15. The molecule has 1 aromatic carbocycles. The first kappa shape index (κ1) is 11.0. The second kappa shape index (κ2) is 4.61. The van der Waals surface area contributed by atoms with Gasteiger partial charge in [0, 0.05) is 18.0 Å². The third kappa shape index (κ3) is 2.00. The summed E-state index contributed by atoms with van der Waals surface area (Å²) in [4.78, 5) is 4.37. The van der Waals surface area contributed by atoms with Crippen molar-refractivity contribution in [3.63, 3.8) is 0 Å². The average molecular weight is 233 g/mol. The van der Waals surface area contributed by atoms with Crippen LogP contribution < -0.4 is 0 Å².